The fourth-order valence-electron chi connectivity index (χ4n) is 5.41. The molecule has 1 saturated heterocycles. The molecule has 3 aromatic rings. The molecule has 1 aliphatic rings. The van der Waals surface area contributed by atoms with E-state index in [0.717, 1.165) is 5.56 Å². The number of methoxy groups -OCH3 is 1. The van der Waals surface area contributed by atoms with Gasteiger partial charge in [-0.3, -0.25) is 24.5 Å². The van der Waals surface area contributed by atoms with Crippen molar-refractivity contribution in [3.05, 3.63) is 97.7 Å². The van der Waals surface area contributed by atoms with E-state index in [9.17, 15) is 24.5 Å². The van der Waals surface area contributed by atoms with E-state index in [-0.39, 0.29) is 23.5 Å². The minimum absolute atomic E-state index is 0.130. The van der Waals surface area contributed by atoms with Crippen LogP contribution in [0.2, 0.25) is 0 Å². The first-order valence-corrected chi connectivity index (χ1v) is 13.4. The second-order valence-corrected chi connectivity index (χ2v) is 11.6. The number of Topliss-reactive ketones (excluding diaryl/α,β-unsaturated/α-hetero) is 1. The number of hydrogen-bond acceptors (Lipinski definition) is 7. The number of carbonyl (C=O) groups is 3. The number of rotatable bonds is 8. The largest absolute Gasteiger partial charge is 0.375 e. The number of amides is 2. The van der Waals surface area contributed by atoms with Crippen molar-refractivity contribution in [3.63, 3.8) is 0 Å². The van der Waals surface area contributed by atoms with Gasteiger partial charge in [0.1, 0.15) is 12.6 Å². The van der Waals surface area contributed by atoms with Crippen LogP contribution in [0.1, 0.15) is 59.1 Å². The van der Waals surface area contributed by atoms with Crippen LogP contribution in [0.5, 0.6) is 0 Å². The van der Waals surface area contributed by atoms with Crippen molar-refractivity contribution in [1.29, 1.82) is 0 Å². The summed E-state index contributed by atoms with van der Waals surface area (Å²) in [6.07, 6.45) is 0. The number of carbonyl (C=O) groups excluding carboxylic acids is 3. The molecule has 2 N–H and O–H groups in total. The lowest BCUT2D eigenvalue weighted by Crippen LogP contribution is -2.48. The maximum Gasteiger partial charge on any atom is 0.269 e. The van der Waals surface area contributed by atoms with Crippen molar-refractivity contribution >= 4 is 34.6 Å². The number of ketones is 1. The molecule has 10 heteroatoms. The van der Waals surface area contributed by atoms with Crippen molar-refractivity contribution in [2.24, 2.45) is 11.7 Å². The summed E-state index contributed by atoms with van der Waals surface area (Å²) in [6, 6.07) is 14.7. The van der Waals surface area contributed by atoms with Crippen molar-refractivity contribution in [1.82, 2.24) is 4.90 Å². The maximum absolute atomic E-state index is 14.2. The van der Waals surface area contributed by atoms with Crippen LogP contribution in [-0.2, 0) is 19.7 Å². The lowest BCUT2D eigenvalue weighted by molar-refractivity contribution is -0.385. The van der Waals surface area contributed by atoms with E-state index in [0.29, 0.717) is 16.0 Å². The number of primary amides is 1. The summed E-state index contributed by atoms with van der Waals surface area (Å²) in [4.78, 5) is 53.6. The molecule has 4 unspecified atom stereocenters. The van der Waals surface area contributed by atoms with Crippen LogP contribution in [0.15, 0.2) is 66.0 Å². The highest BCUT2D eigenvalue weighted by Gasteiger charge is 2.57. The van der Waals surface area contributed by atoms with Gasteiger partial charge in [-0.2, -0.15) is 0 Å². The van der Waals surface area contributed by atoms with Gasteiger partial charge in [-0.1, -0.05) is 63.2 Å². The maximum atomic E-state index is 14.2. The second-order valence-electron chi connectivity index (χ2n) is 10.6. The Labute approximate surface area is 230 Å². The number of thiophene rings is 1. The van der Waals surface area contributed by atoms with Crippen molar-refractivity contribution in [2.45, 2.75) is 44.2 Å². The molecule has 0 radical (unpaired) electrons. The van der Waals surface area contributed by atoms with Gasteiger partial charge >= 0.3 is 0 Å². The number of nitro benzene ring substituents is 1. The van der Waals surface area contributed by atoms with Gasteiger partial charge < -0.3 is 15.4 Å². The highest BCUT2D eigenvalue weighted by atomic mass is 32.1. The van der Waals surface area contributed by atoms with Crippen LogP contribution in [-0.4, -0.2) is 47.2 Å². The van der Waals surface area contributed by atoms with Gasteiger partial charge in [0.05, 0.1) is 21.8 Å². The number of nitrogens with two attached hydrogens (primary N) is 1. The Bertz CT molecular complexity index is 1380. The number of nitro groups is 1. The van der Waals surface area contributed by atoms with Crippen LogP contribution < -0.4 is 5.73 Å². The average molecular weight is 550 g/mol. The van der Waals surface area contributed by atoms with Crippen LogP contribution in [0.25, 0.3) is 0 Å². The number of nitrogens with zero attached hydrogens (tertiary/aromatic N) is 2. The third-order valence-corrected chi connectivity index (χ3v) is 8.05. The Hall–Kier alpha value is -3.89. The number of benzene rings is 2. The monoisotopic (exact) mass is 549 g/mol. The van der Waals surface area contributed by atoms with Crippen LogP contribution in [0.3, 0.4) is 0 Å². The number of ether oxygens (including phenoxy) is 1. The molecule has 1 fully saturated rings. The van der Waals surface area contributed by atoms with Gasteiger partial charge in [0.15, 0.2) is 5.78 Å². The standard InChI is InChI=1S/C29H31N3O6S/c1-29(2,3)19-12-10-17(11-13-19)23-24(27(34)21-9-6-14-39-21)25(18-7-5-8-20(15-18)32(36)37)31(22(33)16-38-4)26(23)28(30)35/h5-15,23-26H,16H2,1-4H3,(H2,30,35). The molecule has 1 aromatic heterocycles. The molecule has 39 heavy (non-hydrogen) atoms. The van der Waals surface area contributed by atoms with Crippen LogP contribution in [0.4, 0.5) is 5.69 Å². The minimum Gasteiger partial charge on any atom is -0.375 e. The van der Waals surface area contributed by atoms with E-state index in [1.807, 2.05) is 24.3 Å². The highest BCUT2D eigenvalue weighted by Crippen LogP contribution is 2.52. The fourth-order valence-corrected chi connectivity index (χ4v) is 6.12. The van der Waals surface area contributed by atoms with Gasteiger partial charge in [-0.25, -0.2) is 0 Å². The number of likely N-dealkylation sites (tertiary alicyclic amines) is 1. The van der Waals surface area contributed by atoms with Crippen molar-refractivity contribution in [2.75, 3.05) is 13.7 Å². The van der Waals surface area contributed by atoms with Crippen LogP contribution >= 0.6 is 11.3 Å². The minimum atomic E-state index is -1.19. The third kappa shape index (κ3) is 5.48. The van der Waals surface area contributed by atoms with Crippen molar-refractivity contribution in [3.8, 4) is 0 Å². The summed E-state index contributed by atoms with van der Waals surface area (Å²) >= 11 is 1.25. The zero-order valence-corrected chi connectivity index (χ0v) is 23.0. The molecular weight excluding hydrogens is 518 g/mol. The van der Waals surface area contributed by atoms with Crippen LogP contribution in [0, 0.1) is 16.0 Å². The lowest BCUT2D eigenvalue weighted by atomic mass is 9.76. The normalized spacial score (nSPS) is 21.1. The predicted molar refractivity (Wildman–Crippen MR) is 148 cm³/mol. The van der Waals surface area contributed by atoms with E-state index < -0.39 is 40.7 Å². The number of hydrogen-bond donors (Lipinski definition) is 1. The molecule has 4 rings (SSSR count). The molecular formula is C29H31N3O6S. The Morgan fingerprint density at radius 2 is 1.74 bits per heavy atom. The quantitative estimate of drug-likeness (QED) is 0.248. The molecule has 0 bridgehead atoms. The summed E-state index contributed by atoms with van der Waals surface area (Å²) in [7, 11) is 1.35. The Balaban J connectivity index is 1.99. The lowest BCUT2D eigenvalue weighted by Gasteiger charge is -2.30. The third-order valence-electron chi connectivity index (χ3n) is 7.16. The summed E-state index contributed by atoms with van der Waals surface area (Å²) in [5, 5.41) is 13.4. The predicted octanol–water partition coefficient (Wildman–Crippen LogP) is 4.62. The summed E-state index contributed by atoms with van der Waals surface area (Å²) in [5.74, 6) is -3.33. The molecule has 0 spiro atoms. The van der Waals surface area contributed by atoms with Gasteiger partial charge in [0.2, 0.25) is 11.8 Å². The molecule has 4 atom stereocenters. The van der Waals surface area contributed by atoms with E-state index in [1.54, 1.807) is 23.6 Å². The SMILES string of the molecule is COCC(=O)N1C(C(N)=O)C(c2ccc(C(C)(C)C)cc2)C(C(=O)c2cccs2)C1c1cccc([N+](=O)[O-])c1. The molecule has 0 aliphatic carbocycles. The highest BCUT2D eigenvalue weighted by molar-refractivity contribution is 7.12. The second kappa shape index (κ2) is 11.1. The zero-order chi connectivity index (χ0) is 28.5. The van der Waals surface area contributed by atoms with Gasteiger partial charge in [-0.15, -0.1) is 11.3 Å². The Kier molecular flexibility index (Phi) is 7.99. The molecule has 9 nitrogen and oxygen atoms in total. The molecule has 1 aliphatic heterocycles. The average Bonchev–Trinajstić information content (AvgIpc) is 3.55. The van der Waals surface area contributed by atoms with Gasteiger partial charge in [-0.05, 0) is 33.6 Å². The first-order chi connectivity index (χ1) is 18.5. The Morgan fingerprint density at radius 1 is 1.05 bits per heavy atom. The van der Waals surface area contributed by atoms with Gasteiger partial charge in [0, 0.05) is 25.2 Å². The topological polar surface area (TPSA) is 133 Å². The molecule has 2 heterocycles. The first kappa shape index (κ1) is 28.1. The summed E-state index contributed by atoms with van der Waals surface area (Å²) in [6.45, 7) is 5.88. The smallest absolute Gasteiger partial charge is 0.269 e. The summed E-state index contributed by atoms with van der Waals surface area (Å²) in [5.41, 5.74) is 7.73. The fraction of sp³-hybridized carbons (Fsp3) is 0.345. The molecule has 2 aromatic carbocycles. The van der Waals surface area contributed by atoms with E-state index in [2.05, 4.69) is 20.8 Å². The molecule has 204 valence electrons. The zero-order valence-electron chi connectivity index (χ0n) is 22.2. The van der Waals surface area contributed by atoms with E-state index in [4.69, 9.17) is 10.5 Å². The molecule has 2 amide bonds. The first-order valence-electron chi connectivity index (χ1n) is 12.5. The van der Waals surface area contributed by atoms with Crippen molar-refractivity contribution < 1.29 is 24.0 Å². The molecule has 0 saturated carbocycles. The summed E-state index contributed by atoms with van der Waals surface area (Å²) < 4.78 is 5.12. The number of non-ortho nitro benzene ring substituents is 1. The van der Waals surface area contributed by atoms with E-state index in [1.165, 1.54) is 41.5 Å². The van der Waals surface area contributed by atoms with E-state index >= 15 is 0 Å². The Morgan fingerprint density at radius 3 is 2.28 bits per heavy atom. The van der Waals surface area contributed by atoms with Gasteiger partial charge in [0.25, 0.3) is 5.69 Å².